The van der Waals surface area contributed by atoms with Crippen LogP contribution >= 0.6 is 0 Å². The summed E-state index contributed by atoms with van der Waals surface area (Å²) in [6.45, 7) is 0.925. The molecule has 2 aromatic heterocycles. The van der Waals surface area contributed by atoms with Gasteiger partial charge < -0.3 is 15.7 Å². The van der Waals surface area contributed by atoms with Crippen LogP contribution in [0.25, 0.3) is 0 Å². The predicted octanol–water partition coefficient (Wildman–Crippen LogP) is 1.05. The first-order valence-corrected chi connectivity index (χ1v) is 13.6. The van der Waals surface area contributed by atoms with Gasteiger partial charge in [0, 0.05) is 37.9 Å². The average Bonchev–Trinajstić information content (AvgIpc) is 3.38. The van der Waals surface area contributed by atoms with Crippen LogP contribution in [0.5, 0.6) is 0 Å². The molecular weight excluding hydrogens is 510 g/mol. The summed E-state index contributed by atoms with van der Waals surface area (Å²) < 4.78 is 28.7. The minimum Gasteiger partial charge on any atom is -0.480 e. The molecule has 0 radical (unpaired) electrons. The summed E-state index contributed by atoms with van der Waals surface area (Å²) in [7, 11) is -4.07. The van der Waals surface area contributed by atoms with Crippen molar-refractivity contribution in [3.63, 3.8) is 0 Å². The number of pyridine rings is 1. The zero-order valence-electron chi connectivity index (χ0n) is 20.4. The van der Waals surface area contributed by atoms with E-state index in [4.69, 9.17) is 5.26 Å². The van der Waals surface area contributed by atoms with E-state index in [0.29, 0.717) is 18.5 Å². The minimum atomic E-state index is -4.07. The van der Waals surface area contributed by atoms with Gasteiger partial charge in [0.1, 0.15) is 11.9 Å². The third kappa shape index (κ3) is 7.15. The smallest absolute Gasteiger partial charge is 0.323 e. The monoisotopic (exact) mass is 537 g/mol. The van der Waals surface area contributed by atoms with Crippen molar-refractivity contribution in [2.75, 3.05) is 18.4 Å². The molecule has 0 aliphatic carbocycles. The van der Waals surface area contributed by atoms with Crippen molar-refractivity contribution >= 4 is 27.7 Å². The van der Waals surface area contributed by atoms with Gasteiger partial charge >= 0.3 is 5.97 Å². The number of nitrogens with one attached hydrogen (secondary N) is 3. The fourth-order valence-corrected chi connectivity index (χ4v) is 5.34. The van der Waals surface area contributed by atoms with Gasteiger partial charge in [-0.05, 0) is 42.2 Å². The minimum absolute atomic E-state index is 0.213. The van der Waals surface area contributed by atoms with Crippen LogP contribution in [0.3, 0.4) is 0 Å². The maximum atomic E-state index is 12.6. The summed E-state index contributed by atoms with van der Waals surface area (Å²) in [6, 6.07) is 10.4. The molecule has 0 unspecified atom stereocenters. The molecule has 1 atom stereocenters. The first-order chi connectivity index (χ1) is 18.2. The maximum absolute atomic E-state index is 12.6. The second-order valence-corrected chi connectivity index (χ2v) is 10.6. The average molecular weight is 538 g/mol. The van der Waals surface area contributed by atoms with Crippen molar-refractivity contribution in [3.05, 3.63) is 76.7 Å². The highest BCUT2D eigenvalue weighted by atomic mass is 32.2. The third-order valence-electron chi connectivity index (χ3n) is 5.94. The molecule has 38 heavy (non-hydrogen) atoms. The highest BCUT2D eigenvalue weighted by molar-refractivity contribution is 7.88. The standard InChI is InChI=1S/C25H27N7O5S/c26-12-17-3-1-4-18(11-17)16-38(36,37)31-22(25(34)35)14-28-24(33)20-13-29-32(15-20)10-8-21-7-6-19-5-2-9-27-23(19)30-21/h1,3-4,6-7,11,13,15,22,31H,2,5,8-10,14,16H2,(H,27,30)(H,28,33)(H,34,35)/t22-/m0/s1. The predicted molar refractivity (Wildman–Crippen MR) is 138 cm³/mol. The fourth-order valence-electron chi connectivity index (χ4n) is 4.02. The van der Waals surface area contributed by atoms with E-state index in [0.717, 1.165) is 30.9 Å². The van der Waals surface area contributed by atoms with Gasteiger partial charge in [0.25, 0.3) is 5.91 Å². The number of benzene rings is 1. The molecule has 3 heterocycles. The Labute approximate surface area is 219 Å². The third-order valence-corrected chi connectivity index (χ3v) is 7.30. The number of hydrogen-bond acceptors (Lipinski definition) is 8. The van der Waals surface area contributed by atoms with Gasteiger partial charge in [0.2, 0.25) is 10.0 Å². The fraction of sp³-hybridized carbons (Fsp3) is 0.320. The topological polar surface area (TPSA) is 179 Å². The van der Waals surface area contributed by atoms with E-state index in [9.17, 15) is 23.1 Å². The van der Waals surface area contributed by atoms with Gasteiger partial charge in [-0.15, -0.1) is 0 Å². The van der Waals surface area contributed by atoms with Crippen LogP contribution in [0.4, 0.5) is 5.82 Å². The summed E-state index contributed by atoms with van der Waals surface area (Å²) in [5.74, 6) is -1.63. The number of fused-ring (bicyclic) bond motifs is 1. The highest BCUT2D eigenvalue weighted by Crippen LogP contribution is 2.20. The molecule has 0 saturated carbocycles. The number of amides is 1. The van der Waals surface area contributed by atoms with Crippen LogP contribution in [0.15, 0.2) is 48.8 Å². The van der Waals surface area contributed by atoms with Gasteiger partial charge in [0.15, 0.2) is 0 Å². The Kier molecular flexibility index (Phi) is 8.35. The number of carboxylic acid groups (broad SMARTS) is 1. The summed E-state index contributed by atoms with van der Waals surface area (Å²) in [4.78, 5) is 28.8. The zero-order chi connectivity index (χ0) is 27.1. The first-order valence-electron chi connectivity index (χ1n) is 12.0. The van der Waals surface area contributed by atoms with Gasteiger partial charge in [-0.1, -0.05) is 18.2 Å². The number of aliphatic carboxylic acids is 1. The Hall–Kier alpha value is -4.28. The second-order valence-electron chi connectivity index (χ2n) is 8.87. The number of nitriles is 1. The van der Waals surface area contributed by atoms with Crippen molar-refractivity contribution in [1.29, 1.82) is 5.26 Å². The summed E-state index contributed by atoms with van der Waals surface area (Å²) in [5, 5.41) is 28.4. The largest absolute Gasteiger partial charge is 0.480 e. The van der Waals surface area contributed by atoms with Gasteiger partial charge in [-0.25, -0.2) is 13.4 Å². The molecule has 1 aromatic carbocycles. The van der Waals surface area contributed by atoms with Gasteiger partial charge in [-0.3, -0.25) is 14.3 Å². The zero-order valence-corrected chi connectivity index (χ0v) is 21.2. The molecule has 1 amide bonds. The Balaban J connectivity index is 1.30. The molecule has 12 nitrogen and oxygen atoms in total. The van der Waals surface area contributed by atoms with Crippen LogP contribution in [0, 0.1) is 11.3 Å². The van der Waals surface area contributed by atoms with E-state index < -0.39 is 40.2 Å². The summed E-state index contributed by atoms with van der Waals surface area (Å²) >= 11 is 0. The molecule has 1 aliphatic rings. The number of aromatic nitrogens is 3. The molecule has 4 N–H and O–H groups in total. The SMILES string of the molecule is N#Cc1cccc(CS(=O)(=O)N[C@@H](CNC(=O)c2cnn(CCc3ccc4c(n3)NCCC4)c2)C(=O)O)c1. The molecular formula is C25H27N7O5S. The molecule has 13 heteroatoms. The first kappa shape index (κ1) is 26.8. The van der Waals surface area contributed by atoms with Crippen LogP contribution < -0.4 is 15.4 Å². The van der Waals surface area contributed by atoms with Crippen LogP contribution in [-0.2, 0) is 40.0 Å². The molecule has 4 rings (SSSR count). The van der Waals surface area contributed by atoms with Crippen molar-refractivity contribution in [1.82, 2.24) is 24.8 Å². The molecule has 1 aliphatic heterocycles. The number of hydrogen-bond donors (Lipinski definition) is 4. The Morgan fingerprint density at radius 1 is 1.26 bits per heavy atom. The molecule has 198 valence electrons. The molecule has 0 fully saturated rings. The normalized spacial score (nSPS) is 13.6. The molecule has 0 spiro atoms. The van der Waals surface area contributed by atoms with E-state index >= 15 is 0 Å². The highest BCUT2D eigenvalue weighted by Gasteiger charge is 2.25. The lowest BCUT2D eigenvalue weighted by Crippen LogP contribution is -2.48. The second kappa shape index (κ2) is 11.8. The number of rotatable bonds is 11. The Morgan fingerprint density at radius 3 is 2.89 bits per heavy atom. The molecule has 3 aromatic rings. The van der Waals surface area contributed by atoms with Crippen molar-refractivity contribution in [3.8, 4) is 6.07 Å². The maximum Gasteiger partial charge on any atom is 0.323 e. The summed E-state index contributed by atoms with van der Waals surface area (Å²) in [6.07, 6.45) is 5.60. The Morgan fingerprint density at radius 2 is 2.11 bits per heavy atom. The Bertz CT molecular complexity index is 1480. The number of carboxylic acids is 1. The number of carbonyl (C=O) groups excluding carboxylic acids is 1. The van der Waals surface area contributed by atoms with E-state index in [1.54, 1.807) is 10.7 Å². The lowest BCUT2D eigenvalue weighted by molar-refractivity contribution is -0.138. The summed E-state index contributed by atoms with van der Waals surface area (Å²) in [5.41, 5.74) is 2.93. The van der Waals surface area contributed by atoms with Crippen LogP contribution in [0.2, 0.25) is 0 Å². The van der Waals surface area contributed by atoms with E-state index in [2.05, 4.69) is 31.5 Å². The number of anilines is 1. The van der Waals surface area contributed by atoms with Crippen molar-refractivity contribution < 1.29 is 23.1 Å². The van der Waals surface area contributed by atoms with Crippen molar-refractivity contribution in [2.24, 2.45) is 0 Å². The number of aryl methyl sites for hydroxylation is 3. The number of sulfonamides is 1. The van der Waals surface area contributed by atoms with Gasteiger partial charge in [0.05, 0.1) is 29.1 Å². The number of carbonyl (C=O) groups is 2. The van der Waals surface area contributed by atoms with Crippen molar-refractivity contribution in [2.45, 2.75) is 37.6 Å². The number of nitrogens with zero attached hydrogens (tertiary/aromatic N) is 4. The van der Waals surface area contributed by atoms with E-state index in [1.165, 1.54) is 36.2 Å². The molecule has 0 saturated heterocycles. The lowest BCUT2D eigenvalue weighted by atomic mass is 10.1. The lowest BCUT2D eigenvalue weighted by Gasteiger charge is -2.17. The van der Waals surface area contributed by atoms with Crippen LogP contribution in [0.1, 0.15) is 39.2 Å². The van der Waals surface area contributed by atoms with Crippen LogP contribution in [-0.4, -0.2) is 59.3 Å². The van der Waals surface area contributed by atoms with E-state index in [-0.39, 0.29) is 11.1 Å². The quantitative estimate of drug-likeness (QED) is 0.278. The van der Waals surface area contributed by atoms with Gasteiger partial charge in [-0.2, -0.15) is 15.1 Å². The van der Waals surface area contributed by atoms with E-state index in [1.807, 2.05) is 12.1 Å². The molecule has 0 bridgehead atoms.